The number of hydrogen-bond acceptors (Lipinski definition) is 3. The zero-order valence-corrected chi connectivity index (χ0v) is 18.9. The summed E-state index contributed by atoms with van der Waals surface area (Å²) in [5.41, 5.74) is -9.12. The van der Waals surface area contributed by atoms with Crippen molar-refractivity contribution in [2.45, 2.75) is 18.5 Å². The Morgan fingerprint density at radius 2 is 1.11 bits per heavy atom. The highest BCUT2D eigenvalue weighted by atomic mass is 32.1. The van der Waals surface area contributed by atoms with Crippen LogP contribution in [0.1, 0.15) is 16.7 Å². The number of thiophene rings is 1. The highest BCUT2D eigenvalue weighted by molar-refractivity contribution is 7.13. The molecule has 0 amide bonds. The number of hydrogen-bond donors (Lipinski definition) is 0. The molecule has 5 aromatic rings. The maximum atomic E-state index is 14.1. The molecule has 0 spiro atoms. The van der Waals surface area contributed by atoms with Gasteiger partial charge in [0, 0.05) is 16.3 Å². The first kappa shape index (κ1) is 25.0. The molecule has 5 rings (SSSR count). The molecule has 3 aromatic carbocycles. The first-order valence-electron chi connectivity index (χ1n) is 10.4. The lowest BCUT2D eigenvalue weighted by atomic mass is 9.89. The van der Waals surface area contributed by atoms with Crippen LogP contribution in [0.4, 0.5) is 39.5 Å². The summed E-state index contributed by atoms with van der Waals surface area (Å²) >= 11 is 1.21. The molecule has 190 valence electrons. The van der Waals surface area contributed by atoms with Crippen molar-refractivity contribution < 1.29 is 39.5 Å². The zero-order valence-electron chi connectivity index (χ0n) is 18.1. The van der Waals surface area contributed by atoms with Crippen molar-refractivity contribution in [3.8, 4) is 21.8 Å². The number of aromatic nitrogens is 2. The van der Waals surface area contributed by atoms with Crippen LogP contribution in [0, 0.1) is 0 Å². The minimum atomic E-state index is -5.79. The minimum absolute atomic E-state index is 0.00482. The zero-order chi connectivity index (χ0) is 26.8. The Morgan fingerprint density at radius 3 is 1.62 bits per heavy atom. The van der Waals surface area contributed by atoms with E-state index < -0.39 is 46.5 Å². The van der Waals surface area contributed by atoms with Gasteiger partial charge in [0.25, 0.3) is 0 Å². The van der Waals surface area contributed by atoms with Gasteiger partial charge >= 0.3 is 18.5 Å². The lowest BCUT2D eigenvalue weighted by Gasteiger charge is -2.23. The van der Waals surface area contributed by atoms with E-state index in [4.69, 9.17) is 0 Å². The molecule has 2 heterocycles. The van der Waals surface area contributed by atoms with E-state index in [1.54, 1.807) is 41.8 Å². The summed E-state index contributed by atoms with van der Waals surface area (Å²) < 4.78 is 125. The Bertz CT molecular complexity index is 1630. The van der Waals surface area contributed by atoms with Gasteiger partial charge in [-0.3, -0.25) is 0 Å². The molecule has 0 N–H and O–H groups in total. The van der Waals surface area contributed by atoms with Crippen molar-refractivity contribution in [2.75, 3.05) is 0 Å². The van der Waals surface area contributed by atoms with Gasteiger partial charge in [-0.1, -0.05) is 30.3 Å². The van der Waals surface area contributed by atoms with Crippen LogP contribution in [-0.4, -0.2) is 10.2 Å². The highest BCUT2D eigenvalue weighted by Crippen LogP contribution is 2.50. The fourth-order valence-corrected chi connectivity index (χ4v) is 4.96. The monoisotopic (exact) mass is 542 g/mol. The SMILES string of the molecule is FC(F)(F)c1ccc(C(F)(F)F)c(C(F)(F)F)c1-c1nnc(-c2cccs2)c2cc3ccccc3cc12. The fourth-order valence-electron chi connectivity index (χ4n) is 4.24. The Hall–Kier alpha value is -3.67. The van der Waals surface area contributed by atoms with E-state index in [9.17, 15) is 39.5 Å². The predicted molar refractivity (Wildman–Crippen MR) is 121 cm³/mol. The maximum Gasteiger partial charge on any atom is 0.417 e. The number of halogens is 9. The standard InChI is InChI=1S/C25H11F9N2S/c26-23(27,28)16-7-8-17(24(29,30)31)20(25(32,33)34)19(16)22-15-11-13-5-2-1-4-12(13)10-14(15)21(35-36-22)18-6-3-9-37-18/h1-11H. The molecule has 0 saturated carbocycles. The van der Waals surface area contributed by atoms with E-state index in [-0.39, 0.29) is 28.6 Å². The molecule has 0 aliphatic rings. The second-order valence-corrected chi connectivity index (χ2v) is 8.97. The molecule has 0 fully saturated rings. The Kier molecular flexibility index (Phi) is 5.70. The number of rotatable bonds is 2. The van der Waals surface area contributed by atoms with Gasteiger partial charge in [-0.2, -0.15) is 39.5 Å². The summed E-state index contributed by atoms with van der Waals surface area (Å²) in [6.07, 6.45) is -16.8. The molecule has 2 aromatic heterocycles. The second-order valence-electron chi connectivity index (χ2n) is 8.02. The number of nitrogens with zero attached hydrogens (tertiary/aromatic N) is 2. The van der Waals surface area contributed by atoms with Gasteiger partial charge in [0.05, 0.1) is 21.6 Å². The summed E-state index contributed by atoms with van der Waals surface area (Å²) in [7, 11) is 0. The van der Waals surface area contributed by atoms with Gasteiger partial charge in [-0.15, -0.1) is 21.5 Å². The van der Waals surface area contributed by atoms with Crippen molar-refractivity contribution in [1.29, 1.82) is 0 Å². The molecule has 0 unspecified atom stereocenters. The van der Waals surface area contributed by atoms with Crippen LogP contribution in [0.5, 0.6) is 0 Å². The van der Waals surface area contributed by atoms with Gasteiger partial charge in [0.2, 0.25) is 0 Å². The molecule has 0 bridgehead atoms. The smallest absolute Gasteiger partial charge is 0.166 e. The highest BCUT2D eigenvalue weighted by Gasteiger charge is 2.49. The van der Waals surface area contributed by atoms with Crippen LogP contribution in [0.3, 0.4) is 0 Å². The molecule has 2 nitrogen and oxygen atoms in total. The van der Waals surface area contributed by atoms with Crippen LogP contribution in [0.15, 0.2) is 66.0 Å². The summed E-state index contributed by atoms with van der Waals surface area (Å²) in [5.74, 6) is 0. The average molecular weight is 542 g/mol. The van der Waals surface area contributed by atoms with E-state index in [1.807, 2.05) is 0 Å². The molecule has 0 radical (unpaired) electrons. The molecule has 12 heteroatoms. The lowest BCUT2D eigenvalue weighted by molar-refractivity contribution is -0.163. The summed E-state index contributed by atoms with van der Waals surface area (Å²) in [4.78, 5) is 0.524. The van der Waals surface area contributed by atoms with Crippen LogP contribution in [0.2, 0.25) is 0 Å². The van der Waals surface area contributed by atoms with Gasteiger partial charge in [-0.05, 0) is 46.5 Å². The van der Waals surface area contributed by atoms with Gasteiger partial charge in [-0.25, -0.2) is 0 Å². The van der Waals surface area contributed by atoms with Crippen molar-refractivity contribution in [2.24, 2.45) is 0 Å². The molecule has 37 heavy (non-hydrogen) atoms. The molecule has 0 saturated heterocycles. The fraction of sp³-hybridized carbons (Fsp3) is 0.120. The van der Waals surface area contributed by atoms with Gasteiger partial charge < -0.3 is 0 Å². The van der Waals surface area contributed by atoms with E-state index >= 15 is 0 Å². The van der Waals surface area contributed by atoms with Crippen LogP contribution < -0.4 is 0 Å². The number of benzene rings is 3. The van der Waals surface area contributed by atoms with Crippen LogP contribution in [0.25, 0.3) is 43.4 Å². The van der Waals surface area contributed by atoms with Gasteiger partial charge in [0.15, 0.2) is 0 Å². The largest absolute Gasteiger partial charge is 0.417 e. The van der Waals surface area contributed by atoms with Crippen molar-refractivity contribution >= 4 is 32.9 Å². The van der Waals surface area contributed by atoms with E-state index in [2.05, 4.69) is 10.2 Å². The molecule has 0 atom stereocenters. The van der Waals surface area contributed by atoms with E-state index in [1.165, 1.54) is 23.5 Å². The van der Waals surface area contributed by atoms with Crippen molar-refractivity contribution in [3.63, 3.8) is 0 Å². The quantitative estimate of drug-likeness (QED) is 0.164. The number of fused-ring (bicyclic) bond motifs is 2. The van der Waals surface area contributed by atoms with E-state index in [0.29, 0.717) is 15.6 Å². The number of alkyl halides is 9. The van der Waals surface area contributed by atoms with Gasteiger partial charge in [0.1, 0.15) is 11.4 Å². The predicted octanol–water partition coefficient (Wildman–Crippen LogP) is 9.23. The molecular weight excluding hydrogens is 531 g/mol. The summed E-state index contributed by atoms with van der Waals surface area (Å²) in [5, 5.41) is 10.3. The van der Waals surface area contributed by atoms with Crippen LogP contribution in [-0.2, 0) is 18.5 Å². The third kappa shape index (κ3) is 4.39. The normalized spacial score (nSPS) is 13.0. The summed E-state index contributed by atoms with van der Waals surface area (Å²) in [6.45, 7) is 0. The van der Waals surface area contributed by atoms with Crippen molar-refractivity contribution in [1.82, 2.24) is 10.2 Å². The topological polar surface area (TPSA) is 25.8 Å². The molecule has 0 aliphatic carbocycles. The third-order valence-electron chi connectivity index (χ3n) is 5.74. The Balaban J connectivity index is 2.00. The average Bonchev–Trinajstić information content (AvgIpc) is 3.34. The Morgan fingerprint density at radius 1 is 0.568 bits per heavy atom. The summed E-state index contributed by atoms with van der Waals surface area (Å²) in [6, 6.07) is 12.5. The lowest BCUT2D eigenvalue weighted by Crippen LogP contribution is -2.21. The van der Waals surface area contributed by atoms with E-state index in [0.717, 1.165) is 0 Å². The Labute approximate surface area is 206 Å². The third-order valence-corrected chi connectivity index (χ3v) is 6.61. The van der Waals surface area contributed by atoms with Crippen molar-refractivity contribution in [3.05, 3.63) is 82.7 Å². The first-order chi connectivity index (χ1) is 17.3. The second kappa shape index (κ2) is 8.44. The first-order valence-corrected chi connectivity index (χ1v) is 11.3. The maximum absolute atomic E-state index is 14.1. The minimum Gasteiger partial charge on any atom is -0.166 e. The molecular formula is C25H11F9N2S. The van der Waals surface area contributed by atoms with Crippen LogP contribution >= 0.6 is 11.3 Å². The molecule has 0 aliphatic heterocycles.